The highest BCUT2D eigenvalue weighted by atomic mass is 35.5. The van der Waals surface area contributed by atoms with Crippen molar-refractivity contribution in [3.05, 3.63) is 40.6 Å². The van der Waals surface area contributed by atoms with Crippen LogP contribution in [-0.2, 0) is 19.1 Å². The first-order chi connectivity index (χ1) is 10.4. The highest BCUT2D eigenvalue weighted by Gasteiger charge is 2.36. The van der Waals surface area contributed by atoms with Gasteiger partial charge in [0.25, 0.3) is 0 Å². The molecule has 0 aliphatic carbocycles. The molecule has 116 valence electrons. The van der Waals surface area contributed by atoms with Crippen LogP contribution in [-0.4, -0.2) is 24.9 Å². The Hall–Kier alpha value is -2.34. The van der Waals surface area contributed by atoms with Crippen LogP contribution in [0, 0.1) is 5.92 Å². The van der Waals surface area contributed by atoms with Crippen LogP contribution in [0.5, 0.6) is 0 Å². The average molecular weight is 323 g/mol. The lowest BCUT2D eigenvalue weighted by atomic mass is 9.89. The van der Waals surface area contributed by atoms with Gasteiger partial charge in [-0.1, -0.05) is 17.7 Å². The standard InChI is InChI=1S/C15H15ClN2O4/c1-8-13(15(21)22-2)11(7-12(19)17-8)14(20)18-10-5-3-4-9(16)6-10/h3-6,11H,7H2,1-2H3,(H,17,19)(H,18,20). The van der Waals surface area contributed by atoms with E-state index in [1.54, 1.807) is 31.2 Å². The molecule has 1 aromatic rings. The number of esters is 1. The number of hydrogen-bond acceptors (Lipinski definition) is 4. The highest BCUT2D eigenvalue weighted by Crippen LogP contribution is 2.26. The number of halogens is 1. The van der Waals surface area contributed by atoms with Gasteiger partial charge in [-0.2, -0.15) is 0 Å². The molecule has 0 saturated heterocycles. The zero-order valence-corrected chi connectivity index (χ0v) is 12.9. The summed E-state index contributed by atoms with van der Waals surface area (Å²) in [6, 6.07) is 6.61. The van der Waals surface area contributed by atoms with E-state index >= 15 is 0 Å². The largest absolute Gasteiger partial charge is 0.466 e. The van der Waals surface area contributed by atoms with Crippen molar-refractivity contribution in [3.8, 4) is 0 Å². The maximum absolute atomic E-state index is 12.4. The number of carbonyl (C=O) groups excluding carboxylic acids is 3. The summed E-state index contributed by atoms with van der Waals surface area (Å²) >= 11 is 5.86. The summed E-state index contributed by atoms with van der Waals surface area (Å²) in [5.74, 6) is -2.32. The summed E-state index contributed by atoms with van der Waals surface area (Å²) in [5, 5.41) is 5.67. The van der Waals surface area contributed by atoms with Crippen LogP contribution in [0.3, 0.4) is 0 Å². The third-order valence-corrected chi connectivity index (χ3v) is 3.52. The molecular weight excluding hydrogens is 308 g/mol. The first-order valence-electron chi connectivity index (χ1n) is 6.57. The number of allylic oxidation sites excluding steroid dienone is 1. The first kappa shape index (κ1) is 16.0. The molecule has 1 heterocycles. The van der Waals surface area contributed by atoms with Gasteiger partial charge in [0, 0.05) is 22.8 Å². The minimum absolute atomic E-state index is 0.117. The van der Waals surface area contributed by atoms with Crippen LogP contribution in [0.1, 0.15) is 13.3 Å². The van der Waals surface area contributed by atoms with Gasteiger partial charge < -0.3 is 15.4 Å². The Morgan fingerprint density at radius 3 is 2.77 bits per heavy atom. The average Bonchev–Trinajstić information content (AvgIpc) is 2.45. The van der Waals surface area contributed by atoms with Gasteiger partial charge in [0.2, 0.25) is 11.8 Å². The van der Waals surface area contributed by atoms with E-state index < -0.39 is 17.8 Å². The molecule has 0 spiro atoms. The quantitative estimate of drug-likeness (QED) is 0.832. The van der Waals surface area contributed by atoms with Crippen LogP contribution in [0.4, 0.5) is 5.69 Å². The summed E-state index contributed by atoms with van der Waals surface area (Å²) in [6.07, 6.45) is -0.117. The van der Waals surface area contributed by atoms with E-state index in [4.69, 9.17) is 16.3 Å². The van der Waals surface area contributed by atoms with Gasteiger partial charge in [-0.3, -0.25) is 9.59 Å². The zero-order valence-electron chi connectivity index (χ0n) is 12.1. The molecule has 1 aliphatic rings. The predicted molar refractivity (Wildman–Crippen MR) is 81.0 cm³/mol. The third-order valence-electron chi connectivity index (χ3n) is 3.28. The van der Waals surface area contributed by atoms with Crippen molar-refractivity contribution in [2.24, 2.45) is 5.92 Å². The lowest BCUT2D eigenvalue weighted by Gasteiger charge is -2.25. The van der Waals surface area contributed by atoms with Crippen molar-refractivity contribution in [1.29, 1.82) is 0 Å². The molecule has 1 aromatic carbocycles. The molecule has 6 nitrogen and oxygen atoms in total. The van der Waals surface area contributed by atoms with Gasteiger partial charge in [0.1, 0.15) is 0 Å². The highest BCUT2D eigenvalue weighted by molar-refractivity contribution is 6.30. The Morgan fingerprint density at radius 1 is 1.41 bits per heavy atom. The maximum Gasteiger partial charge on any atom is 0.336 e. The number of rotatable bonds is 3. The van der Waals surface area contributed by atoms with Gasteiger partial charge in [-0.25, -0.2) is 4.79 Å². The lowest BCUT2D eigenvalue weighted by Crippen LogP contribution is -2.40. The second-order valence-electron chi connectivity index (χ2n) is 4.83. The number of methoxy groups -OCH3 is 1. The Morgan fingerprint density at radius 2 is 2.14 bits per heavy atom. The Labute approximate surface area is 132 Å². The fraction of sp³-hybridized carbons (Fsp3) is 0.267. The van der Waals surface area contributed by atoms with Crippen LogP contribution >= 0.6 is 11.6 Å². The van der Waals surface area contributed by atoms with Gasteiger partial charge >= 0.3 is 5.97 Å². The van der Waals surface area contributed by atoms with Crippen molar-refractivity contribution in [3.63, 3.8) is 0 Å². The summed E-state index contributed by atoms with van der Waals surface area (Å²) in [7, 11) is 1.23. The Kier molecular flexibility index (Phi) is 4.82. The van der Waals surface area contributed by atoms with E-state index in [0.717, 1.165) is 0 Å². The molecule has 22 heavy (non-hydrogen) atoms. The van der Waals surface area contributed by atoms with E-state index in [2.05, 4.69) is 10.6 Å². The number of carbonyl (C=O) groups is 3. The summed E-state index contributed by atoms with van der Waals surface area (Å²) in [6.45, 7) is 1.56. The SMILES string of the molecule is COC(=O)C1=C(C)NC(=O)CC1C(=O)Nc1cccc(Cl)c1. The molecule has 0 radical (unpaired) electrons. The molecule has 2 amide bonds. The normalized spacial score (nSPS) is 17.8. The van der Waals surface area contributed by atoms with Crippen molar-refractivity contribution in [1.82, 2.24) is 5.32 Å². The molecule has 2 rings (SSSR count). The molecule has 0 aromatic heterocycles. The van der Waals surface area contributed by atoms with E-state index in [1.165, 1.54) is 7.11 Å². The minimum atomic E-state index is -0.903. The lowest BCUT2D eigenvalue weighted by molar-refractivity contribution is -0.139. The Balaban J connectivity index is 2.27. The second-order valence-corrected chi connectivity index (χ2v) is 5.27. The maximum atomic E-state index is 12.4. The number of amides is 2. The number of hydrogen-bond donors (Lipinski definition) is 2. The Bertz CT molecular complexity index is 669. The van der Waals surface area contributed by atoms with Crippen molar-refractivity contribution in [2.45, 2.75) is 13.3 Å². The van der Waals surface area contributed by atoms with Gasteiger partial charge in [-0.05, 0) is 25.1 Å². The monoisotopic (exact) mass is 322 g/mol. The van der Waals surface area contributed by atoms with E-state index in [-0.39, 0.29) is 17.9 Å². The first-order valence-corrected chi connectivity index (χ1v) is 6.95. The van der Waals surface area contributed by atoms with E-state index in [9.17, 15) is 14.4 Å². The van der Waals surface area contributed by atoms with Crippen molar-refractivity contribution in [2.75, 3.05) is 12.4 Å². The fourth-order valence-electron chi connectivity index (χ4n) is 2.30. The molecule has 1 atom stereocenters. The number of benzene rings is 1. The van der Waals surface area contributed by atoms with Crippen LogP contribution in [0.25, 0.3) is 0 Å². The van der Waals surface area contributed by atoms with Gasteiger partial charge in [-0.15, -0.1) is 0 Å². The molecule has 2 N–H and O–H groups in total. The third kappa shape index (κ3) is 3.46. The molecule has 0 fully saturated rings. The summed E-state index contributed by atoms with van der Waals surface area (Å²) in [5.41, 5.74) is 0.973. The molecule has 1 unspecified atom stereocenters. The van der Waals surface area contributed by atoms with E-state index in [1.807, 2.05) is 0 Å². The second kappa shape index (κ2) is 6.62. The molecule has 0 bridgehead atoms. The van der Waals surface area contributed by atoms with Crippen LogP contribution in [0.2, 0.25) is 5.02 Å². The summed E-state index contributed by atoms with van der Waals surface area (Å²) < 4.78 is 4.70. The van der Waals surface area contributed by atoms with Crippen LogP contribution in [0.15, 0.2) is 35.5 Å². The zero-order chi connectivity index (χ0) is 16.3. The van der Waals surface area contributed by atoms with Crippen molar-refractivity contribution < 1.29 is 19.1 Å². The molecular formula is C15H15ClN2O4. The fourth-order valence-corrected chi connectivity index (χ4v) is 2.49. The number of ether oxygens (including phenoxy) is 1. The molecule has 0 saturated carbocycles. The van der Waals surface area contributed by atoms with Gasteiger partial charge in [0.05, 0.1) is 18.6 Å². The topological polar surface area (TPSA) is 84.5 Å². The van der Waals surface area contributed by atoms with Crippen molar-refractivity contribution >= 4 is 35.1 Å². The van der Waals surface area contributed by atoms with Gasteiger partial charge in [0.15, 0.2) is 0 Å². The minimum Gasteiger partial charge on any atom is -0.466 e. The number of nitrogens with one attached hydrogen (secondary N) is 2. The van der Waals surface area contributed by atoms with E-state index in [0.29, 0.717) is 16.4 Å². The summed E-state index contributed by atoms with van der Waals surface area (Å²) in [4.78, 5) is 36.0. The molecule has 7 heteroatoms. The molecule has 1 aliphatic heterocycles. The number of anilines is 1. The predicted octanol–water partition coefficient (Wildman–Crippen LogP) is 1.86. The van der Waals surface area contributed by atoms with Crippen LogP contribution < -0.4 is 10.6 Å². The smallest absolute Gasteiger partial charge is 0.336 e.